The summed E-state index contributed by atoms with van der Waals surface area (Å²) >= 11 is 6.21. The summed E-state index contributed by atoms with van der Waals surface area (Å²) in [5, 5.41) is 4.23. The molecule has 2 aliphatic rings. The molecule has 2 heterocycles. The number of aliphatic imine (C=N–C) groups is 1. The van der Waals surface area contributed by atoms with Crippen molar-refractivity contribution in [1.29, 1.82) is 0 Å². The maximum atomic E-state index is 6.21. The number of nitrogens with zero attached hydrogens (tertiary/aromatic N) is 2. The molecule has 4 rings (SSSR count). The van der Waals surface area contributed by atoms with Crippen LogP contribution in [0.2, 0.25) is 5.02 Å². The zero-order valence-electron chi connectivity index (χ0n) is 12.3. The van der Waals surface area contributed by atoms with Gasteiger partial charge in [0.2, 0.25) is 0 Å². The summed E-state index contributed by atoms with van der Waals surface area (Å²) in [5.41, 5.74) is 3.45. The van der Waals surface area contributed by atoms with E-state index in [0.717, 1.165) is 35.3 Å². The van der Waals surface area contributed by atoms with Crippen LogP contribution >= 0.6 is 11.6 Å². The molecule has 0 bridgehead atoms. The van der Waals surface area contributed by atoms with Gasteiger partial charge < -0.3 is 10.2 Å². The zero-order chi connectivity index (χ0) is 14.9. The van der Waals surface area contributed by atoms with Crippen molar-refractivity contribution in [3.63, 3.8) is 0 Å². The van der Waals surface area contributed by atoms with Gasteiger partial charge in [-0.25, -0.2) is 4.99 Å². The fourth-order valence-electron chi connectivity index (χ4n) is 3.20. The number of anilines is 1. The molecule has 22 heavy (non-hydrogen) atoms. The number of halogens is 1. The third-order valence-corrected chi connectivity index (χ3v) is 4.56. The topological polar surface area (TPSA) is 27.6 Å². The van der Waals surface area contributed by atoms with Crippen molar-refractivity contribution in [3.8, 4) is 0 Å². The summed E-state index contributed by atoms with van der Waals surface area (Å²) in [6.45, 7) is 2.16. The Labute approximate surface area is 135 Å². The van der Waals surface area contributed by atoms with E-state index in [1.807, 2.05) is 18.2 Å². The van der Waals surface area contributed by atoms with Crippen molar-refractivity contribution >= 4 is 23.2 Å². The monoisotopic (exact) mass is 311 g/mol. The maximum Gasteiger partial charge on any atom is 0.199 e. The largest absolute Gasteiger partial charge is 0.343 e. The first-order valence-electron chi connectivity index (χ1n) is 7.75. The summed E-state index contributed by atoms with van der Waals surface area (Å²) in [6, 6.07) is 16.4. The van der Waals surface area contributed by atoms with E-state index in [1.54, 1.807) is 0 Å². The number of hydrogen-bond donors (Lipinski definition) is 1. The van der Waals surface area contributed by atoms with Crippen LogP contribution in [0.1, 0.15) is 30.0 Å². The Morgan fingerprint density at radius 3 is 2.59 bits per heavy atom. The Morgan fingerprint density at radius 1 is 1.05 bits per heavy atom. The number of nitrogens with one attached hydrogen (secondary N) is 1. The predicted molar refractivity (Wildman–Crippen MR) is 91.6 cm³/mol. The number of rotatable bonds is 1. The van der Waals surface area contributed by atoms with E-state index < -0.39 is 0 Å². The molecular formula is C18H18ClN3. The fraction of sp³-hybridized carbons (Fsp3) is 0.278. The van der Waals surface area contributed by atoms with Crippen molar-refractivity contribution in [1.82, 2.24) is 4.90 Å². The minimum Gasteiger partial charge on any atom is -0.343 e. The molecule has 2 aliphatic heterocycles. The Balaban J connectivity index is 1.80. The number of hydrogen-bond acceptors (Lipinski definition) is 3. The summed E-state index contributed by atoms with van der Waals surface area (Å²) in [5.74, 6) is 0.987. The smallest absolute Gasteiger partial charge is 0.199 e. The SMILES string of the molecule is Clc1ccc2c(c1)[C@@H](c1ccccc1)N=C(N1CCCC1)N2. The first-order valence-corrected chi connectivity index (χ1v) is 8.13. The van der Waals surface area contributed by atoms with Gasteiger partial charge in [-0.3, -0.25) is 0 Å². The Bertz CT molecular complexity index is 706. The summed E-state index contributed by atoms with van der Waals surface area (Å²) < 4.78 is 0. The van der Waals surface area contributed by atoms with Gasteiger partial charge in [0.1, 0.15) is 6.04 Å². The van der Waals surface area contributed by atoms with Crippen LogP contribution in [0.3, 0.4) is 0 Å². The highest BCUT2D eigenvalue weighted by molar-refractivity contribution is 6.30. The molecule has 0 unspecified atom stereocenters. The van der Waals surface area contributed by atoms with E-state index in [2.05, 4.69) is 40.5 Å². The van der Waals surface area contributed by atoms with Crippen molar-refractivity contribution in [2.75, 3.05) is 18.4 Å². The lowest BCUT2D eigenvalue weighted by Crippen LogP contribution is -2.36. The second kappa shape index (κ2) is 5.65. The van der Waals surface area contributed by atoms with Crippen LogP contribution in [-0.4, -0.2) is 23.9 Å². The average molecular weight is 312 g/mol. The minimum atomic E-state index is 0.00625. The molecule has 0 aliphatic carbocycles. The second-order valence-electron chi connectivity index (χ2n) is 5.82. The molecule has 1 saturated heterocycles. The first-order chi connectivity index (χ1) is 10.8. The number of likely N-dealkylation sites (tertiary alicyclic amines) is 1. The van der Waals surface area contributed by atoms with Gasteiger partial charge >= 0.3 is 0 Å². The number of guanidine groups is 1. The summed E-state index contributed by atoms with van der Waals surface area (Å²) in [4.78, 5) is 7.33. The van der Waals surface area contributed by atoms with Gasteiger partial charge in [-0.05, 0) is 36.6 Å². The summed E-state index contributed by atoms with van der Waals surface area (Å²) in [6.07, 6.45) is 2.48. The van der Waals surface area contributed by atoms with Crippen molar-refractivity contribution in [2.24, 2.45) is 4.99 Å². The van der Waals surface area contributed by atoms with Gasteiger partial charge in [0.25, 0.3) is 0 Å². The third kappa shape index (κ3) is 2.46. The molecule has 2 aromatic rings. The van der Waals surface area contributed by atoms with Gasteiger partial charge in [-0.15, -0.1) is 0 Å². The molecule has 1 atom stereocenters. The lowest BCUT2D eigenvalue weighted by Gasteiger charge is -2.30. The Kier molecular flexibility index (Phi) is 3.51. The lowest BCUT2D eigenvalue weighted by molar-refractivity contribution is 0.510. The molecular weight excluding hydrogens is 294 g/mol. The van der Waals surface area contributed by atoms with Crippen LogP contribution in [0.5, 0.6) is 0 Å². The molecule has 0 radical (unpaired) electrons. The van der Waals surface area contributed by atoms with E-state index in [0.29, 0.717) is 0 Å². The molecule has 1 N–H and O–H groups in total. The van der Waals surface area contributed by atoms with E-state index in [1.165, 1.54) is 18.4 Å². The molecule has 3 nitrogen and oxygen atoms in total. The minimum absolute atomic E-state index is 0.00625. The summed E-state index contributed by atoms with van der Waals surface area (Å²) in [7, 11) is 0. The highest BCUT2D eigenvalue weighted by atomic mass is 35.5. The van der Waals surface area contributed by atoms with E-state index in [9.17, 15) is 0 Å². The Morgan fingerprint density at radius 2 is 1.82 bits per heavy atom. The Hall–Kier alpha value is -2.00. The molecule has 4 heteroatoms. The van der Waals surface area contributed by atoms with Crippen LogP contribution in [-0.2, 0) is 0 Å². The second-order valence-corrected chi connectivity index (χ2v) is 6.25. The van der Waals surface area contributed by atoms with E-state index in [4.69, 9.17) is 16.6 Å². The predicted octanol–water partition coefficient (Wildman–Crippen LogP) is 4.31. The highest BCUT2D eigenvalue weighted by Gasteiger charge is 2.26. The molecule has 1 fully saturated rings. The molecule has 0 amide bonds. The molecule has 0 aromatic heterocycles. The quantitative estimate of drug-likeness (QED) is 0.850. The standard InChI is InChI=1S/C18H18ClN3/c19-14-8-9-16-15(12-14)17(13-6-2-1-3-7-13)21-18(20-16)22-10-4-5-11-22/h1-3,6-9,12,17H,4-5,10-11H2,(H,20,21)/t17-/m1/s1. The van der Waals surface area contributed by atoms with Crippen LogP contribution in [0.4, 0.5) is 5.69 Å². The third-order valence-electron chi connectivity index (χ3n) is 4.33. The molecule has 112 valence electrons. The van der Waals surface area contributed by atoms with E-state index in [-0.39, 0.29) is 6.04 Å². The van der Waals surface area contributed by atoms with Gasteiger partial charge in [-0.2, -0.15) is 0 Å². The highest BCUT2D eigenvalue weighted by Crippen LogP contribution is 2.37. The number of fused-ring (bicyclic) bond motifs is 1. The first kappa shape index (κ1) is 13.6. The zero-order valence-corrected chi connectivity index (χ0v) is 13.1. The molecule has 2 aromatic carbocycles. The average Bonchev–Trinajstić information content (AvgIpc) is 3.09. The van der Waals surface area contributed by atoms with Crippen molar-refractivity contribution < 1.29 is 0 Å². The van der Waals surface area contributed by atoms with Crippen molar-refractivity contribution in [2.45, 2.75) is 18.9 Å². The fourth-order valence-corrected chi connectivity index (χ4v) is 3.38. The van der Waals surface area contributed by atoms with Gasteiger partial charge in [-0.1, -0.05) is 41.9 Å². The normalized spacial score (nSPS) is 20.3. The molecule has 0 spiro atoms. The van der Waals surface area contributed by atoms with Crippen LogP contribution < -0.4 is 5.32 Å². The number of benzene rings is 2. The maximum absolute atomic E-state index is 6.21. The van der Waals surface area contributed by atoms with Gasteiger partial charge in [0.15, 0.2) is 5.96 Å². The van der Waals surface area contributed by atoms with Gasteiger partial charge in [0, 0.05) is 29.4 Å². The van der Waals surface area contributed by atoms with Crippen LogP contribution in [0, 0.1) is 0 Å². The van der Waals surface area contributed by atoms with Crippen LogP contribution in [0.25, 0.3) is 0 Å². The van der Waals surface area contributed by atoms with Crippen molar-refractivity contribution in [3.05, 3.63) is 64.7 Å². The van der Waals surface area contributed by atoms with Gasteiger partial charge in [0.05, 0.1) is 0 Å². The van der Waals surface area contributed by atoms with E-state index >= 15 is 0 Å². The lowest BCUT2D eigenvalue weighted by atomic mass is 9.96. The molecule has 0 saturated carbocycles. The van der Waals surface area contributed by atoms with Crippen LogP contribution in [0.15, 0.2) is 53.5 Å².